The lowest BCUT2D eigenvalue weighted by Crippen LogP contribution is -2.39. The Morgan fingerprint density at radius 2 is 1.65 bits per heavy atom. The van der Waals surface area contributed by atoms with Gasteiger partial charge in [-0.3, -0.25) is 9.59 Å². The summed E-state index contributed by atoms with van der Waals surface area (Å²) in [5, 5.41) is 2.71. The van der Waals surface area contributed by atoms with Gasteiger partial charge in [0.1, 0.15) is 0 Å². The van der Waals surface area contributed by atoms with Crippen molar-refractivity contribution in [3.8, 4) is 0 Å². The molecule has 2 aromatic carbocycles. The van der Waals surface area contributed by atoms with Gasteiger partial charge >= 0.3 is 0 Å². The lowest BCUT2D eigenvalue weighted by Gasteiger charge is -2.21. The second-order valence-corrected chi connectivity index (χ2v) is 5.39. The molecule has 2 amide bonds. The van der Waals surface area contributed by atoms with Crippen LogP contribution in [0.3, 0.4) is 0 Å². The molecule has 4 nitrogen and oxygen atoms in total. The molecule has 0 aliphatic rings. The van der Waals surface area contributed by atoms with Gasteiger partial charge in [-0.05, 0) is 31.0 Å². The van der Waals surface area contributed by atoms with Crippen molar-refractivity contribution in [2.24, 2.45) is 0 Å². The van der Waals surface area contributed by atoms with Crippen molar-refractivity contribution in [3.63, 3.8) is 0 Å². The predicted octanol–water partition coefficient (Wildman–Crippen LogP) is 2.77. The number of nitrogens with one attached hydrogen (secondary N) is 1. The number of benzene rings is 2. The molecule has 23 heavy (non-hydrogen) atoms. The minimum atomic E-state index is -0.216. The molecule has 0 radical (unpaired) electrons. The first-order valence-corrected chi connectivity index (χ1v) is 7.77. The lowest BCUT2D eigenvalue weighted by atomic mass is 10.1. The van der Waals surface area contributed by atoms with E-state index in [1.165, 1.54) is 0 Å². The fourth-order valence-electron chi connectivity index (χ4n) is 2.37. The Morgan fingerprint density at radius 3 is 2.30 bits per heavy atom. The average molecular weight is 310 g/mol. The van der Waals surface area contributed by atoms with Crippen LogP contribution >= 0.6 is 0 Å². The van der Waals surface area contributed by atoms with Crippen LogP contribution in [0.1, 0.15) is 28.4 Å². The number of nitrogens with zero attached hydrogens (tertiary/aromatic N) is 1. The van der Waals surface area contributed by atoms with Gasteiger partial charge in [0.2, 0.25) is 5.91 Å². The minimum absolute atomic E-state index is 0.00778. The van der Waals surface area contributed by atoms with Crippen molar-refractivity contribution >= 4 is 11.8 Å². The summed E-state index contributed by atoms with van der Waals surface area (Å²) in [6, 6.07) is 17.2. The number of carbonyl (C=O) groups is 2. The monoisotopic (exact) mass is 310 g/mol. The van der Waals surface area contributed by atoms with Crippen molar-refractivity contribution in [2.45, 2.75) is 20.4 Å². The number of likely N-dealkylation sites (N-methyl/N-ethyl adjacent to an activating group) is 1. The van der Waals surface area contributed by atoms with Crippen molar-refractivity contribution < 1.29 is 9.59 Å². The van der Waals surface area contributed by atoms with E-state index in [9.17, 15) is 9.59 Å². The quantitative estimate of drug-likeness (QED) is 0.892. The molecule has 120 valence electrons. The lowest BCUT2D eigenvalue weighted by molar-refractivity contribution is -0.130. The maximum atomic E-state index is 12.3. The first kappa shape index (κ1) is 16.7. The Morgan fingerprint density at radius 1 is 1.00 bits per heavy atom. The fourth-order valence-corrected chi connectivity index (χ4v) is 2.37. The molecule has 2 aromatic rings. The topological polar surface area (TPSA) is 49.4 Å². The summed E-state index contributed by atoms with van der Waals surface area (Å²) < 4.78 is 0. The first-order valence-electron chi connectivity index (χ1n) is 7.77. The van der Waals surface area contributed by atoms with Crippen LogP contribution < -0.4 is 5.32 Å². The van der Waals surface area contributed by atoms with E-state index in [4.69, 9.17) is 0 Å². The van der Waals surface area contributed by atoms with Crippen molar-refractivity contribution in [1.82, 2.24) is 10.2 Å². The van der Waals surface area contributed by atoms with Crippen LogP contribution in [0.5, 0.6) is 0 Å². The van der Waals surface area contributed by atoms with Crippen molar-refractivity contribution in [2.75, 3.05) is 13.1 Å². The summed E-state index contributed by atoms with van der Waals surface area (Å²) >= 11 is 0. The van der Waals surface area contributed by atoms with Crippen LogP contribution in [-0.4, -0.2) is 29.8 Å². The minimum Gasteiger partial charge on any atom is -0.343 e. The zero-order chi connectivity index (χ0) is 16.7. The molecule has 0 fully saturated rings. The molecule has 0 aromatic heterocycles. The van der Waals surface area contributed by atoms with E-state index in [0.717, 1.165) is 11.1 Å². The Hall–Kier alpha value is -2.62. The average Bonchev–Trinajstić information content (AvgIpc) is 2.58. The Balaban J connectivity index is 1.92. The summed E-state index contributed by atoms with van der Waals surface area (Å²) in [5.74, 6) is -0.300. The van der Waals surface area contributed by atoms with Crippen LogP contribution in [0.25, 0.3) is 0 Å². The smallest absolute Gasteiger partial charge is 0.251 e. The largest absolute Gasteiger partial charge is 0.343 e. The normalized spacial score (nSPS) is 10.2. The molecule has 0 saturated carbocycles. The van der Waals surface area contributed by atoms with Gasteiger partial charge in [0, 0.05) is 18.7 Å². The van der Waals surface area contributed by atoms with Crippen molar-refractivity contribution in [3.05, 3.63) is 71.3 Å². The van der Waals surface area contributed by atoms with Gasteiger partial charge in [-0.25, -0.2) is 0 Å². The number of aryl methyl sites for hydroxylation is 1. The number of rotatable bonds is 6. The van der Waals surface area contributed by atoms with Crippen LogP contribution in [0.4, 0.5) is 0 Å². The van der Waals surface area contributed by atoms with Crippen LogP contribution in [0, 0.1) is 6.92 Å². The molecule has 0 saturated heterocycles. The van der Waals surface area contributed by atoms with E-state index < -0.39 is 0 Å². The molecule has 0 heterocycles. The Bertz CT molecular complexity index is 668. The number of amides is 2. The third-order valence-corrected chi connectivity index (χ3v) is 3.74. The standard InChI is InChI=1S/C19H22N2O2/c1-3-21(14-16-10-5-4-6-11-16)18(22)13-20-19(23)17-12-8-7-9-15(17)2/h4-12H,3,13-14H2,1-2H3,(H,20,23). The van der Waals surface area contributed by atoms with Gasteiger partial charge in [-0.2, -0.15) is 0 Å². The molecule has 1 N–H and O–H groups in total. The molecule has 0 atom stereocenters. The van der Waals surface area contributed by atoms with E-state index in [-0.39, 0.29) is 18.4 Å². The number of carbonyl (C=O) groups excluding carboxylic acids is 2. The van der Waals surface area contributed by atoms with E-state index >= 15 is 0 Å². The summed E-state index contributed by atoms with van der Waals surface area (Å²) in [5.41, 5.74) is 2.58. The summed E-state index contributed by atoms with van der Waals surface area (Å²) in [6.45, 7) is 4.98. The van der Waals surface area contributed by atoms with Crippen LogP contribution in [-0.2, 0) is 11.3 Å². The van der Waals surface area contributed by atoms with Crippen LogP contribution in [0.15, 0.2) is 54.6 Å². The molecular formula is C19H22N2O2. The maximum absolute atomic E-state index is 12.3. The molecular weight excluding hydrogens is 288 g/mol. The van der Waals surface area contributed by atoms with E-state index in [1.54, 1.807) is 11.0 Å². The Kier molecular flexibility index (Phi) is 5.92. The SMILES string of the molecule is CCN(Cc1ccccc1)C(=O)CNC(=O)c1ccccc1C. The van der Waals surface area contributed by atoms with Gasteiger partial charge in [0.15, 0.2) is 0 Å². The fraction of sp³-hybridized carbons (Fsp3) is 0.263. The number of hydrogen-bond acceptors (Lipinski definition) is 2. The van der Waals surface area contributed by atoms with Gasteiger partial charge in [-0.1, -0.05) is 48.5 Å². The molecule has 0 bridgehead atoms. The maximum Gasteiger partial charge on any atom is 0.251 e. The zero-order valence-electron chi connectivity index (χ0n) is 13.6. The molecule has 0 aliphatic carbocycles. The second-order valence-electron chi connectivity index (χ2n) is 5.39. The highest BCUT2D eigenvalue weighted by atomic mass is 16.2. The third kappa shape index (κ3) is 4.68. The Labute approximate surface area is 137 Å². The first-order chi connectivity index (χ1) is 11.1. The molecule has 0 spiro atoms. The van der Waals surface area contributed by atoms with Gasteiger partial charge in [-0.15, -0.1) is 0 Å². The highest BCUT2D eigenvalue weighted by Crippen LogP contribution is 2.07. The van der Waals surface area contributed by atoms with Crippen molar-refractivity contribution in [1.29, 1.82) is 0 Å². The van der Waals surface area contributed by atoms with Crippen LogP contribution in [0.2, 0.25) is 0 Å². The summed E-state index contributed by atoms with van der Waals surface area (Å²) in [6.07, 6.45) is 0. The zero-order valence-corrected chi connectivity index (χ0v) is 13.6. The molecule has 2 rings (SSSR count). The highest BCUT2D eigenvalue weighted by molar-refractivity contribution is 5.97. The highest BCUT2D eigenvalue weighted by Gasteiger charge is 2.14. The second kappa shape index (κ2) is 8.13. The van der Waals surface area contributed by atoms with E-state index in [0.29, 0.717) is 18.7 Å². The van der Waals surface area contributed by atoms with Gasteiger partial charge < -0.3 is 10.2 Å². The predicted molar refractivity (Wildman–Crippen MR) is 91.0 cm³/mol. The third-order valence-electron chi connectivity index (χ3n) is 3.74. The van der Waals surface area contributed by atoms with E-state index in [1.807, 2.05) is 62.4 Å². The molecule has 4 heteroatoms. The summed E-state index contributed by atoms with van der Waals surface area (Å²) in [4.78, 5) is 26.2. The van der Waals surface area contributed by atoms with Gasteiger partial charge in [0.05, 0.1) is 6.54 Å². The van der Waals surface area contributed by atoms with Gasteiger partial charge in [0.25, 0.3) is 5.91 Å². The summed E-state index contributed by atoms with van der Waals surface area (Å²) in [7, 11) is 0. The number of hydrogen-bond donors (Lipinski definition) is 1. The molecule has 0 unspecified atom stereocenters. The van der Waals surface area contributed by atoms with E-state index in [2.05, 4.69) is 5.32 Å². The molecule has 0 aliphatic heterocycles.